The molecule has 108 valence electrons. The highest BCUT2D eigenvalue weighted by molar-refractivity contribution is 5.84. The maximum absolute atomic E-state index is 12.3. The lowest BCUT2D eigenvalue weighted by atomic mass is 9.89. The Bertz CT molecular complexity index is 359. The molecule has 0 aromatic heterocycles. The van der Waals surface area contributed by atoms with E-state index < -0.39 is 5.60 Å². The van der Waals surface area contributed by atoms with Crippen molar-refractivity contribution in [2.45, 2.75) is 70.9 Å². The Kier molecular flexibility index (Phi) is 4.16. The summed E-state index contributed by atoms with van der Waals surface area (Å²) >= 11 is 0. The molecule has 2 atom stereocenters. The minimum absolute atomic E-state index is 0.0489. The van der Waals surface area contributed by atoms with Gasteiger partial charge in [-0.3, -0.25) is 4.79 Å². The van der Waals surface area contributed by atoms with Gasteiger partial charge in [-0.05, 0) is 52.9 Å². The first-order valence-corrected chi connectivity index (χ1v) is 7.41. The number of ether oxygens (including phenoxy) is 1. The molecule has 2 fully saturated rings. The lowest BCUT2D eigenvalue weighted by Crippen LogP contribution is -2.50. The summed E-state index contributed by atoms with van der Waals surface area (Å²) < 4.78 is 5.48. The molecular formula is C15H25NO3. The fourth-order valence-electron chi connectivity index (χ4n) is 3.17. The van der Waals surface area contributed by atoms with Gasteiger partial charge in [0.15, 0.2) is 0 Å². The number of carbonyl (C=O) groups excluding carboxylic acids is 2. The first-order chi connectivity index (χ1) is 8.88. The molecule has 1 aliphatic carbocycles. The number of hydrogen-bond acceptors (Lipinski definition) is 3. The number of amides is 1. The van der Waals surface area contributed by atoms with Gasteiger partial charge in [-0.1, -0.05) is 0 Å². The van der Waals surface area contributed by atoms with Crippen molar-refractivity contribution < 1.29 is 14.3 Å². The molecule has 0 radical (unpaired) electrons. The summed E-state index contributed by atoms with van der Waals surface area (Å²) in [7, 11) is 0. The summed E-state index contributed by atoms with van der Waals surface area (Å²) in [5.41, 5.74) is -0.473. The lowest BCUT2D eigenvalue weighted by molar-refractivity contribution is -0.122. The van der Waals surface area contributed by atoms with Gasteiger partial charge >= 0.3 is 6.09 Å². The van der Waals surface area contributed by atoms with Crippen molar-refractivity contribution in [1.82, 2.24) is 4.90 Å². The van der Waals surface area contributed by atoms with Gasteiger partial charge in [-0.15, -0.1) is 0 Å². The molecule has 19 heavy (non-hydrogen) atoms. The molecule has 0 bridgehead atoms. The molecule has 0 aromatic rings. The van der Waals surface area contributed by atoms with E-state index in [9.17, 15) is 9.59 Å². The summed E-state index contributed by atoms with van der Waals surface area (Å²) in [6.45, 7) is 6.36. The van der Waals surface area contributed by atoms with Crippen LogP contribution in [-0.2, 0) is 9.53 Å². The van der Waals surface area contributed by atoms with Crippen LogP contribution in [0.15, 0.2) is 0 Å². The van der Waals surface area contributed by atoms with E-state index in [2.05, 4.69) is 0 Å². The molecule has 2 rings (SSSR count). The van der Waals surface area contributed by atoms with Crippen LogP contribution in [0.2, 0.25) is 0 Å². The maximum atomic E-state index is 12.3. The van der Waals surface area contributed by atoms with E-state index in [4.69, 9.17) is 4.74 Å². The Morgan fingerprint density at radius 1 is 1.21 bits per heavy atom. The normalized spacial score (nSPS) is 28.6. The van der Waals surface area contributed by atoms with Gasteiger partial charge < -0.3 is 9.64 Å². The summed E-state index contributed by atoms with van der Waals surface area (Å²) in [4.78, 5) is 26.0. The topological polar surface area (TPSA) is 46.6 Å². The second-order valence-corrected chi connectivity index (χ2v) is 6.70. The first kappa shape index (κ1) is 14.4. The van der Waals surface area contributed by atoms with Gasteiger partial charge in [0, 0.05) is 24.9 Å². The standard InChI is InChI=1S/C15H25NO3/c1-15(2,3)19-14(18)16-10-5-4-8-12(16)11-7-6-9-13(11)17/h11-12H,4-10H2,1-3H3/t11-,12+/m1/s1. The number of ketones is 1. The van der Waals surface area contributed by atoms with Crippen LogP contribution >= 0.6 is 0 Å². The molecule has 2 aliphatic rings. The molecule has 0 unspecified atom stereocenters. The fraction of sp³-hybridized carbons (Fsp3) is 0.867. The Balaban J connectivity index is 2.07. The molecule has 4 nitrogen and oxygen atoms in total. The smallest absolute Gasteiger partial charge is 0.410 e. The van der Waals surface area contributed by atoms with E-state index in [1.807, 2.05) is 25.7 Å². The molecule has 1 heterocycles. The van der Waals surface area contributed by atoms with Gasteiger partial charge in [-0.25, -0.2) is 4.79 Å². The summed E-state index contributed by atoms with van der Waals surface area (Å²) in [5.74, 6) is 0.383. The van der Waals surface area contributed by atoms with Crippen LogP contribution < -0.4 is 0 Å². The van der Waals surface area contributed by atoms with Gasteiger partial charge in [0.25, 0.3) is 0 Å². The molecule has 0 aromatic carbocycles. The monoisotopic (exact) mass is 267 g/mol. The molecule has 1 saturated carbocycles. The van der Waals surface area contributed by atoms with E-state index in [0.717, 1.165) is 38.6 Å². The summed E-state index contributed by atoms with van der Waals surface area (Å²) in [6, 6.07) is 0.0681. The minimum atomic E-state index is -0.473. The number of Topliss-reactive ketones (excluding diaryl/α,β-unsaturated/α-hetero) is 1. The van der Waals surface area contributed by atoms with Crippen LogP contribution in [0, 0.1) is 5.92 Å². The second kappa shape index (κ2) is 5.51. The fourth-order valence-corrected chi connectivity index (χ4v) is 3.17. The van der Waals surface area contributed by atoms with Crippen molar-refractivity contribution in [3.8, 4) is 0 Å². The largest absolute Gasteiger partial charge is 0.444 e. The predicted octanol–water partition coefficient (Wildman–Crippen LogP) is 3.15. The molecule has 0 spiro atoms. The number of carbonyl (C=O) groups is 2. The number of hydrogen-bond donors (Lipinski definition) is 0. The highest BCUT2D eigenvalue weighted by Crippen LogP contribution is 2.33. The van der Waals surface area contributed by atoms with E-state index in [1.165, 1.54) is 0 Å². The van der Waals surface area contributed by atoms with E-state index in [-0.39, 0.29) is 18.1 Å². The molecule has 1 aliphatic heterocycles. The molecule has 0 N–H and O–H groups in total. The quantitative estimate of drug-likeness (QED) is 0.733. The van der Waals surface area contributed by atoms with E-state index in [0.29, 0.717) is 12.2 Å². The number of piperidine rings is 1. The third-order valence-electron chi connectivity index (χ3n) is 3.99. The Morgan fingerprint density at radius 3 is 2.53 bits per heavy atom. The first-order valence-electron chi connectivity index (χ1n) is 7.41. The Hall–Kier alpha value is -1.06. The molecule has 1 amide bonds. The van der Waals surface area contributed by atoms with Crippen LogP contribution in [0.3, 0.4) is 0 Å². The van der Waals surface area contributed by atoms with E-state index >= 15 is 0 Å². The van der Waals surface area contributed by atoms with Crippen LogP contribution in [0.25, 0.3) is 0 Å². The van der Waals surface area contributed by atoms with Crippen molar-refractivity contribution >= 4 is 11.9 Å². The second-order valence-electron chi connectivity index (χ2n) is 6.70. The van der Waals surface area contributed by atoms with E-state index in [1.54, 1.807) is 0 Å². The Morgan fingerprint density at radius 2 is 1.95 bits per heavy atom. The highest BCUT2D eigenvalue weighted by Gasteiger charge is 2.40. The predicted molar refractivity (Wildman–Crippen MR) is 72.9 cm³/mol. The molecular weight excluding hydrogens is 242 g/mol. The number of nitrogens with zero attached hydrogens (tertiary/aromatic N) is 1. The van der Waals surface area contributed by atoms with Crippen molar-refractivity contribution in [2.75, 3.05) is 6.54 Å². The minimum Gasteiger partial charge on any atom is -0.444 e. The third kappa shape index (κ3) is 3.48. The summed E-state index contributed by atoms with van der Waals surface area (Å²) in [6.07, 6.45) is 5.39. The number of rotatable bonds is 1. The van der Waals surface area contributed by atoms with Crippen molar-refractivity contribution in [3.63, 3.8) is 0 Å². The van der Waals surface area contributed by atoms with Crippen LogP contribution in [-0.4, -0.2) is 35.0 Å². The zero-order valence-electron chi connectivity index (χ0n) is 12.3. The summed E-state index contributed by atoms with van der Waals surface area (Å²) in [5, 5.41) is 0. The van der Waals surface area contributed by atoms with Gasteiger partial charge in [0.1, 0.15) is 11.4 Å². The molecule has 4 heteroatoms. The highest BCUT2D eigenvalue weighted by atomic mass is 16.6. The zero-order chi connectivity index (χ0) is 14.0. The van der Waals surface area contributed by atoms with Crippen LogP contribution in [0.5, 0.6) is 0 Å². The van der Waals surface area contributed by atoms with Crippen LogP contribution in [0.1, 0.15) is 59.3 Å². The average Bonchev–Trinajstić information content (AvgIpc) is 2.73. The SMILES string of the molecule is CC(C)(C)OC(=O)N1CCCC[C@H]1[C@H]1CCCC1=O. The molecule has 1 saturated heterocycles. The van der Waals surface area contributed by atoms with Crippen LogP contribution in [0.4, 0.5) is 4.79 Å². The number of likely N-dealkylation sites (tertiary alicyclic amines) is 1. The van der Waals surface area contributed by atoms with Gasteiger partial charge in [0.05, 0.1) is 0 Å². The van der Waals surface area contributed by atoms with Crippen molar-refractivity contribution in [3.05, 3.63) is 0 Å². The zero-order valence-corrected chi connectivity index (χ0v) is 12.3. The average molecular weight is 267 g/mol. The van der Waals surface area contributed by atoms with Gasteiger partial charge in [-0.2, -0.15) is 0 Å². The Labute approximate surface area is 115 Å². The van der Waals surface area contributed by atoms with Gasteiger partial charge in [0.2, 0.25) is 0 Å². The lowest BCUT2D eigenvalue weighted by Gasteiger charge is -2.39. The third-order valence-corrected chi connectivity index (χ3v) is 3.99. The van der Waals surface area contributed by atoms with Crippen molar-refractivity contribution in [1.29, 1.82) is 0 Å². The van der Waals surface area contributed by atoms with Crippen molar-refractivity contribution in [2.24, 2.45) is 5.92 Å². The maximum Gasteiger partial charge on any atom is 0.410 e.